The lowest BCUT2D eigenvalue weighted by atomic mass is 10.2. The lowest BCUT2D eigenvalue weighted by molar-refractivity contribution is 0.171. The Bertz CT molecular complexity index is 510. The molecule has 0 spiro atoms. The van der Waals surface area contributed by atoms with Crippen molar-refractivity contribution < 1.29 is 17.6 Å². The SMILES string of the molecule is CCCC(COC)NS(=O)(=O)c1cc(CNC)oc1Br. The molecule has 0 saturated carbocycles. The van der Waals surface area contributed by atoms with Gasteiger partial charge in [0.05, 0.1) is 13.2 Å². The predicted octanol–water partition coefficient (Wildman–Crippen LogP) is 1.85. The molecule has 1 aromatic heterocycles. The highest BCUT2D eigenvalue weighted by Crippen LogP contribution is 2.26. The van der Waals surface area contributed by atoms with E-state index in [0.29, 0.717) is 25.3 Å². The Morgan fingerprint density at radius 3 is 2.75 bits per heavy atom. The Morgan fingerprint density at radius 1 is 1.50 bits per heavy atom. The van der Waals surface area contributed by atoms with Crippen molar-refractivity contribution in [3.63, 3.8) is 0 Å². The van der Waals surface area contributed by atoms with Crippen LogP contribution in [-0.2, 0) is 21.3 Å². The van der Waals surface area contributed by atoms with E-state index in [1.54, 1.807) is 14.2 Å². The molecule has 8 heteroatoms. The number of hydrogen-bond donors (Lipinski definition) is 2. The molecule has 1 heterocycles. The number of methoxy groups -OCH3 is 1. The molecule has 116 valence electrons. The number of furan rings is 1. The number of ether oxygens (including phenoxy) is 1. The fourth-order valence-corrected chi connectivity index (χ4v) is 4.10. The largest absolute Gasteiger partial charge is 0.452 e. The number of halogens is 1. The van der Waals surface area contributed by atoms with Crippen molar-refractivity contribution in [1.82, 2.24) is 10.0 Å². The van der Waals surface area contributed by atoms with Gasteiger partial charge >= 0.3 is 0 Å². The van der Waals surface area contributed by atoms with Gasteiger partial charge in [-0.05, 0) is 29.4 Å². The summed E-state index contributed by atoms with van der Waals surface area (Å²) in [5, 5.41) is 2.91. The van der Waals surface area contributed by atoms with Crippen molar-refractivity contribution in [2.24, 2.45) is 0 Å². The molecule has 0 radical (unpaired) electrons. The Balaban J connectivity index is 2.91. The minimum atomic E-state index is -3.63. The van der Waals surface area contributed by atoms with Crippen molar-refractivity contribution in [1.29, 1.82) is 0 Å². The van der Waals surface area contributed by atoms with E-state index in [2.05, 4.69) is 26.0 Å². The number of rotatable bonds is 9. The molecule has 0 aromatic carbocycles. The van der Waals surface area contributed by atoms with Crippen LogP contribution in [0.1, 0.15) is 25.5 Å². The lowest BCUT2D eigenvalue weighted by Crippen LogP contribution is -2.37. The van der Waals surface area contributed by atoms with E-state index in [4.69, 9.17) is 9.15 Å². The molecule has 0 aliphatic carbocycles. The zero-order chi connectivity index (χ0) is 15.2. The highest BCUT2D eigenvalue weighted by atomic mass is 79.9. The molecule has 2 N–H and O–H groups in total. The molecule has 0 saturated heterocycles. The van der Waals surface area contributed by atoms with Gasteiger partial charge < -0.3 is 14.5 Å². The van der Waals surface area contributed by atoms with Crippen molar-refractivity contribution in [2.75, 3.05) is 20.8 Å². The van der Waals surface area contributed by atoms with Crippen molar-refractivity contribution >= 4 is 26.0 Å². The topological polar surface area (TPSA) is 80.6 Å². The van der Waals surface area contributed by atoms with E-state index in [9.17, 15) is 8.42 Å². The van der Waals surface area contributed by atoms with E-state index in [1.807, 2.05) is 6.92 Å². The summed E-state index contributed by atoms with van der Waals surface area (Å²) < 4.78 is 37.9. The molecule has 1 unspecified atom stereocenters. The molecular formula is C12H21BrN2O4S. The van der Waals surface area contributed by atoms with Crippen LogP contribution in [0.15, 0.2) is 20.0 Å². The minimum absolute atomic E-state index is 0.111. The first kappa shape index (κ1) is 17.6. The van der Waals surface area contributed by atoms with Gasteiger partial charge in [-0.3, -0.25) is 0 Å². The van der Waals surface area contributed by atoms with Crippen LogP contribution in [-0.4, -0.2) is 35.2 Å². The van der Waals surface area contributed by atoms with Crippen LogP contribution in [0, 0.1) is 0 Å². The second kappa shape index (κ2) is 8.14. The molecule has 0 aliphatic rings. The van der Waals surface area contributed by atoms with Crippen LogP contribution in [0.25, 0.3) is 0 Å². The summed E-state index contributed by atoms with van der Waals surface area (Å²) in [7, 11) is -0.316. The lowest BCUT2D eigenvalue weighted by Gasteiger charge is -2.16. The van der Waals surface area contributed by atoms with Gasteiger partial charge in [0.1, 0.15) is 10.7 Å². The summed E-state index contributed by atoms with van der Waals surface area (Å²) in [6.07, 6.45) is 1.58. The summed E-state index contributed by atoms with van der Waals surface area (Å²) in [5.74, 6) is 0.554. The summed E-state index contributed by atoms with van der Waals surface area (Å²) in [5.41, 5.74) is 0. The quantitative estimate of drug-likeness (QED) is 0.695. The van der Waals surface area contributed by atoms with E-state index in [-0.39, 0.29) is 15.6 Å². The summed E-state index contributed by atoms with van der Waals surface area (Å²) in [4.78, 5) is 0.111. The zero-order valence-electron chi connectivity index (χ0n) is 11.9. The molecule has 6 nitrogen and oxygen atoms in total. The number of hydrogen-bond acceptors (Lipinski definition) is 5. The van der Waals surface area contributed by atoms with Gasteiger partial charge in [0, 0.05) is 19.2 Å². The first-order valence-corrected chi connectivity index (χ1v) is 8.66. The van der Waals surface area contributed by atoms with Gasteiger partial charge in [-0.2, -0.15) is 0 Å². The van der Waals surface area contributed by atoms with Crippen LogP contribution in [0.5, 0.6) is 0 Å². The molecule has 20 heavy (non-hydrogen) atoms. The summed E-state index contributed by atoms with van der Waals surface area (Å²) >= 11 is 3.15. The molecule has 0 fully saturated rings. The molecular weight excluding hydrogens is 348 g/mol. The van der Waals surface area contributed by atoms with E-state index in [1.165, 1.54) is 6.07 Å². The van der Waals surface area contributed by atoms with Gasteiger partial charge in [0.15, 0.2) is 4.67 Å². The Kier molecular flexibility index (Phi) is 7.18. The minimum Gasteiger partial charge on any atom is -0.452 e. The second-order valence-corrected chi connectivity index (χ2v) is 6.85. The first-order valence-electron chi connectivity index (χ1n) is 6.38. The highest BCUT2D eigenvalue weighted by Gasteiger charge is 2.25. The van der Waals surface area contributed by atoms with Crippen LogP contribution in [0.4, 0.5) is 0 Å². The summed E-state index contributed by atoms with van der Waals surface area (Å²) in [6.45, 7) is 2.80. The summed E-state index contributed by atoms with van der Waals surface area (Å²) in [6, 6.07) is 1.27. The Hall–Kier alpha value is -0.410. The second-order valence-electron chi connectivity index (χ2n) is 4.44. The Morgan fingerprint density at radius 2 is 2.20 bits per heavy atom. The highest BCUT2D eigenvalue weighted by molar-refractivity contribution is 9.10. The number of nitrogens with one attached hydrogen (secondary N) is 2. The standard InChI is InChI=1S/C12H21BrN2O4S/c1-4-5-9(8-18-3)15-20(16,17)11-6-10(7-14-2)19-12(11)13/h6,9,14-15H,4-5,7-8H2,1-3H3. The van der Waals surface area contributed by atoms with Gasteiger partial charge in [-0.15, -0.1) is 0 Å². The average Bonchev–Trinajstić information content (AvgIpc) is 2.72. The predicted molar refractivity (Wildman–Crippen MR) is 80.1 cm³/mol. The fourth-order valence-electron chi connectivity index (χ4n) is 1.85. The van der Waals surface area contributed by atoms with E-state index >= 15 is 0 Å². The van der Waals surface area contributed by atoms with Crippen LogP contribution in [0.2, 0.25) is 0 Å². The smallest absolute Gasteiger partial charge is 0.245 e. The maximum Gasteiger partial charge on any atom is 0.245 e. The average molecular weight is 369 g/mol. The normalized spacial score (nSPS) is 13.6. The van der Waals surface area contributed by atoms with Crippen molar-refractivity contribution in [3.05, 3.63) is 16.5 Å². The third kappa shape index (κ3) is 4.85. The van der Waals surface area contributed by atoms with Gasteiger partial charge in [-0.1, -0.05) is 13.3 Å². The van der Waals surface area contributed by atoms with Gasteiger partial charge in [0.2, 0.25) is 10.0 Å². The third-order valence-corrected chi connectivity index (χ3v) is 5.05. The van der Waals surface area contributed by atoms with Crippen LogP contribution >= 0.6 is 15.9 Å². The maximum absolute atomic E-state index is 12.4. The van der Waals surface area contributed by atoms with E-state index in [0.717, 1.165) is 6.42 Å². The molecule has 0 amide bonds. The molecule has 1 rings (SSSR count). The van der Waals surface area contributed by atoms with E-state index < -0.39 is 10.0 Å². The van der Waals surface area contributed by atoms with Crippen LogP contribution < -0.4 is 10.0 Å². The van der Waals surface area contributed by atoms with Crippen molar-refractivity contribution in [3.8, 4) is 0 Å². The van der Waals surface area contributed by atoms with Gasteiger partial charge in [0.25, 0.3) is 0 Å². The monoisotopic (exact) mass is 368 g/mol. The first-order chi connectivity index (χ1) is 9.44. The third-order valence-electron chi connectivity index (χ3n) is 2.67. The number of sulfonamides is 1. The van der Waals surface area contributed by atoms with Gasteiger partial charge in [-0.25, -0.2) is 13.1 Å². The fraction of sp³-hybridized carbons (Fsp3) is 0.667. The molecule has 1 aromatic rings. The maximum atomic E-state index is 12.4. The Labute approximate surface area is 128 Å². The van der Waals surface area contributed by atoms with Crippen molar-refractivity contribution in [2.45, 2.75) is 37.2 Å². The molecule has 0 aliphatic heterocycles. The zero-order valence-corrected chi connectivity index (χ0v) is 14.3. The molecule has 1 atom stereocenters. The molecule has 0 bridgehead atoms. The van der Waals surface area contributed by atoms with Crippen LogP contribution in [0.3, 0.4) is 0 Å².